The Morgan fingerprint density at radius 1 is 1.47 bits per heavy atom. The number of aliphatic hydroxyl groups excluding tert-OH is 1. The van der Waals surface area contributed by atoms with E-state index in [1.165, 1.54) is 5.56 Å². The Kier molecular flexibility index (Phi) is 4.93. The van der Waals surface area contributed by atoms with Crippen molar-refractivity contribution in [3.63, 3.8) is 0 Å². The highest BCUT2D eigenvalue weighted by molar-refractivity contribution is 5.95. The maximum Gasteiger partial charge on any atom is 0.227 e. The summed E-state index contributed by atoms with van der Waals surface area (Å²) in [5.41, 5.74) is 2.17. The average molecular weight is 262 g/mol. The molecule has 0 spiro atoms. The van der Waals surface area contributed by atoms with E-state index in [0.29, 0.717) is 6.42 Å². The highest BCUT2D eigenvalue weighted by Crippen LogP contribution is 2.24. The maximum absolute atomic E-state index is 11.7. The molecule has 1 unspecified atom stereocenters. The van der Waals surface area contributed by atoms with Gasteiger partial charge in [0.15, 0.2) is 0 Å². The minimum absolute atomic E-state index is 0.210. The first-order valence-electron chi connectivity index (χ1n) is 6.97. The van der Waals surface area contributed by atoms with E-state index in [4.69, 9.17) is 5.11 Å². The van der Waals surface area contributed by atoms with Crippen molar-refractivity contribution in [2.24, 2.45) is 0 Å². The third-order valence-corrected chi connectivity index (χ3v) is 3.54. The molecule has 2 rings (SSSR count). The summed E-state index contributed by atoms with van der Waals surface area (Å²) in [6, 6.07) is 8.37. The third kappa shape index (κ3) is 3.55. The van der Waals surface area contributed by atoms with Crippen LogP contribution in [0.1, 0.15) is 37.8 Å². The van der Waals surface area contributed by atoms with Gasteiger partial charge in [-0.05, 0) is 44.0 Å². The highest BCUT2D eigenvalue weighted by atomic mass is 16.3. The zero-order chi connectivity index (χ0) is 13.7. The number of amides is 1. The second-order valence-electron chi connectivity index (χ2n) is 5.00. The number of carbonyl (C=O) groups excluding carboxylic acids is 1. The molecular formula is C15H22N2O2. The Hall–Kier alpha value is -1.39. The summed E-state index contributed by atoms with van der Waals surface area (Å²) in [5, 5.41) is 12.1. The van der Waals surface area contributed by atoms with E-state index >= 15 is 0 Å². The zero-order valence-corrected chi connectivity index (χ0v) is 11.4. The Morgan fingerprint density at radius 3 is 3.00 bits per heavy atom. The molecule has 4 heteroatoms. The summed E-state index contributed by atoms with van der Waals surface area (Å²) in [5.74, 6) is 0.220. The number of benzene rings is 1. The molecule has 19 heavy (non-hydrogen) atoms. The molecule has 1 atom stereocenters. The molecule has 1 aliphatic heterocycles. The van der Waals surface area contributed by atoms with Crippen LogP contribution in [-0.2, 0) is 4.79 Å². The molecule has 0 aliphatic carbocycles. The van der Waals surface area contributed by atoms with Crippen molar-refractivity contribution in [3.8, 4) is 0 Å². The summed E-state index contributed by atoms with van der Waals surface area (Å²) in [4.78, 5) is 13.6. The predicted octanol–water partition coefficient (Wildman–Crippen LogP) is 1.85. The van der Waals surface area contributed by atoms with Gasteiger partial charge in [-0.15, -0.1) is 0 Å². The second-order valence-corrected chi connectivity index (χ2v) is 5.00. The Balaban J connectivity index is 2.04. The van der Waals surface area contributed by atoms with Crippen molar-refractivity contribution in [1.82, 2.24) is 5.32 Å². The predicted molar refractivity (Wildman–Crippen MR) is 76.1 cm³/mol. The molecule has 1 amide bonds. The second kappa shape index (κ2) is 6.68. The fourth-order valence-corrected chi connectivity index (χ4v) is 2.40. The maximum atomic E-state index is 11.7. The van der Waals surface area contributed by atoms with E-state index in [-0.39, 0.29) is 18.6 Å². The Labute approximate surface area is 114 Å². The molecule has 1 aromatic carbocycles. The first kappa shape index (κ1) is 14.0. The number of anilines is 1. The monoisotopic (exact) mass is 262 g/mol. The van der Waals surface area contributed by atoms with Gasteiger partial charge in [-0.1, -0.05) is 12.1 Å². The van der Waals surface area contributed by atoms with E-state index < -0.39 is 0 Å². The molecular weight excluding hydrogens is 240 g/mol. The number of nitrogens with zero attached hydrogens (tertiary/aromatic N) is 1. The van der Waals surface area contributed by atoms with Crippen molar-refractivity contribution < 1.29 is 9.90 Å². The van der Waals surface area contributed by atoms with Gasteiger partial charge in [-0.3, -0.25) is 4.79 Å². The van der Waals surface area contributed by atoms with E-state index in [0.717, 1.165) is 31.6 Å². The summed E-state index contributed by atoms with van der Waals surface area (Å²) in [7, 11) is 0. The molecule has 0 saturated carbocycles. The Bertz CT molecular complexity index is 434. The number of aliphatic hydroxyl groups is 1. The lowest BCUT2D eigenvalue weighted by atomic mass is 10.1. The lowest BCUT2D eigenvalue weighted by Gasteiger charge is -2.19. The number of rotatable bonds is 6. The number of nitrogens with one attached hydrogen (secondary N) is 1. The van der Waals surface area contributed by atoms with Crippen LogP contribution in [0.25, 0.3) is 0 Å². The molecule has 0 aromatic heterocycles. The van der Waals surface area contributed by atoms with Crippen LogP contribution in [0.5, 0.6) is 0 Å². The fraction of sp³-hybridized carbons (Fsp3) is 0.533. The van der Waals surface area contributed by atoms with Gasteiger partial charge >= 0.3 is 0 Å². The quantitative estimate of drug-likeness (QED) is 0.769. The number of hydrogen-bond acceptors (Lipinski definition) is 3. The lowest BCUT2D eigenvalue weighted by Crippen LogP contribution is -2.24. The van der Waals surface area contributed by atoms with E-state index in [1.54, 1.807) is 0 Å². The molecule has 2 N–H and O–H groups in total. The van der Waals surface area contributed by atoms with Crippen LogP contribution in [0.15, 0.2) is 24.3 Å². The molecule has 104 valence electrons. The van der Waals surface area contributed by atoms with Crippen molar-refractivity contribution in [2.45, 2.75) is 32.2 Å². The van der Waals surface area contributed by atoms with Crippen molar-refractivity contribution >= 4 is 11.6 Å². The molecule has 4 nitrogen and oxygen atoms in total. The largest absolute Gasteiger partial charge is 0.396 e. The molecule has 0 bridgehead atoms. The zero-order valence-electron chi connectivity index (χ0n) is 11.4. The van der Waals surface area contributed by atoms with E-state index in [1.807, 2.05) is 17.0 Å². The summed E-state index contributed by atoms with van der Waals surface area (Å²) in [6.07, 6.45) is 2.37. The van der Waals surface area contributed by atoms with Gasteiger partial charge < -0.3 is 15.3 Å². The molecule has 1 saturated heterocycles. The van der Waals surface area contributed by atoms with Crippen LogP contribution in [0, 0.1) is 0 Å². The lowest BCUT2D eigenvalue weighted by molar-refractivity contribution is -0.117. The molecule has 1 fully saturated rings. The van der Waals surface area contributed by atoms with Crippen LogP contribution in [0.3, 0.4) is 0 Å². The van der Waals surface area contributed by atoms with Gasteiger partial charge in [0, 0.05) is 31.3 Å². The molecule has 1 heterocycles. The normalized spacial score (nSPS) is 16.9. The van der Waals surface area contributed by atoms with Gasteiger partial charge in [0.05, 0.1) is 0 Å². The van der Waals surface area contributed by atoms with Crippen molar-refractivity contribution in [1.29, 1.82) is 0 Å². The van der Waals surface area contributed by atoms with Crippen LogP contribution in [0.4, 0.5) is 5.69 Å². The first-order valence-corrected chi connectivity index (χ1v) is 6.97. The first-order chi connectivity index (χ1) is 9.22. The van der Waals surface area contributed by atoms with Gasteiger partial charge in [-0.25, -0.2) is 0 Å². The van der Waals surface area contributed by atoms with Crippen LogP contribution >= 0.6 is 0 Å². The molecule has 1 aromatic rings. The average Bonchev–Trinajstić information content (AvgIpc) is 2.85. The van der Waals surface area contributed by atoms with Crippen LogP contribution in [0.2, 0.25) is 0 Å². The van der Waals surface area contributed by atoms with Gasteiger partial charge in [0.1, 0.15) is 0 Å². The van der Waals surface area contributed by atoms with Gasteiger partial charge in [0.2, 0.25) is 5.91 Å². The standard InChI is InChI=1S/C15H22N2O2/c1-12(16-8-4-10-18)13-5-2-6-14(11-13)17-9-3-7-15(17)19/h2,5-6,11-12,16,18H,3-4,7-10H2,1H3. The van der Waals surface area contributed by atoms with E-state index in [2.05, 4.69) is 24.4 Å². The molecule has 1 aliphatic rings. The topological polar surface area (TPSA) is 52.6 Å². The van der Waals surface area contributed by atoms with Crippen LogP contribution < -0.4 is 10.2 Å². The summed E-state index contributed by atoms with van der Waals surface area (Å²) < 4.78 is 0. The van der Waals surface area contributed by atoms with E-state index in [9.17, 15) is 4.79 Å². The summed E-state index contributed by atoms with van der Waals surface area (Å²) >= 11 is 0. The Morgan fingerprint density at radius 2 is 2.32 bits per heavy atom. The minimum Gasteiger partial charge on any atom is -0.396 e. The van der Waals surface area contributed by atoms with Crippen molar-refractivity contribution in [3.05, 3.63) is 29.8 Å². The number of hydrogen-bond donors (Lipinski definition) is 2. The van der Waals surface area contributed by atoms with Crippen molar-refractivity contribution in [2.75, 3.05) is 24.6 Å². The number of carbonyl (C=O) groups is 1. The van der Waals surface area contributed by atoms with Crippen LogP contribution in [-0.4, -0.2) is 30.7 Å². The SMILES string of the molecule is CC(NCCCO)c1cccc(N2CCCC2=O)c1. The summed E-state index contributed by atoms with van der Waals surface area (Å²) in [6.45, 7) is 3.93. The minimum atomic E-state index is 0.210. The highest BCUT2D eigenvalue weighted by Gasteiger charge is 2.21. The fourth-order valence-electron chi connectivity index (χ4n) is 2.40. The molecule has 0 radical (unpaired) electrons. The van der Waals surface area contributed by atoms with Gasteiger partial charge in [-0.2, -0.15) is 0 Å². The smallest absolute Gasteiger partial charge is 0.227 e. The van der Waals surface area contributed by atoms with Gasteiger partial charge in [0.25, 0.3) is 0 Å². The third-order valence-electron chi connectivity index (χ3n) is 3.54.